The number of rotatable bonds is 1. The van der Waals surface area contributed by atoms with Gasteiger partial charge in [-0.2, -0.15) is 0 Å². The first kappa shape index (κ1) is 9.95. The average molecular weight is 227 g/mol. The Morgan fingerprint density at radius 3 is 2.93 bits per heavy atom. The molecule has 2 rings (SSSR count). The SMILES string of the molecule is O=[N+]([O-])c1cccc2c1C(Cl)=CN(O)C2. The summed E-state index contributed by atoms with van der Waals surface area (Å²) >= 11 is 5.85. The summed E-state index contributed by atoms with van der Waals surface area (Å²) in [5, 5.41) is 21.1. The minimum Gasteiger partial charge on any atom is -0.289 e. The molecule has 6 heteroatoms. The Morgan fingerprint density at radius 1 is 1.53 bits per heavy atom. The van der Waals surface area contributed by atoms with Crippen LogP contribution in [-0.4, -0.2) is 15.2 Å². The highest BCUT2D eigenvalue weighted by atomic mass is 35.5. The molecule has 0 saturated carbocycles. The predicted octanol–water partition coefficient (Wildman–Crippen LogP) is 2.34. The fourth-order valence-electron chi connectivity index (χ4n) is 1.56. The summed E-state index contributed by atoms with van der Waals surface area (Å²) in [6.07, 6.45) is 1.26. The Balaban J connectivity index is 2.64. The molecule has 1 N–H and O–H groups in total. The highest BCUT2D eigenvalue weighted by Crippen LogP contribution is 2.35. The normalized spacial score (nSPS) is 14.5. The predicted molar refractivity (Wildman–Crippen MR) is 54.3 cm³/mol. The number of fused-ring (bicyclic) bond motifs is 1. The number of nitro groups is 1. The number of nitrogens with zero attached hydrogens (tertiary/aromatic N) is 2. The maximum absolute atomic E-state index is 10.7. The van der Waals surface area contributed by atoms with Gasteiger partial charge >= 0.3 is 0 Å². The molecule has 1 aromatic carbocycles. The summed E-state index contributed by atoms with van der Waals surface area (Å²) in [5.74, 6) is 0. The first-order valence-electron chi connectivity index (χ1n) is 4.19. The van der Waals surface area contributed by atoms with Crippen molar-refractivity contribution >= 4 is 22.3 Å². The van der Waals surface area contributed by atoms with E-state index < -0.39 is 4.92 Å². The van der Waals surface area contributed by atoms with Crippen molar-refractivity contribution < 1.29 is 10.1 Å². The van der Waals surface area contributed by atoms with E-state index in [4.69, 9.17) is 11.6 Å². The number of hydroxylamine groups is 2. The zero-order chi connectivity index (χ0) is 11.0. The van der Waals surface area contributed by atoms with E-state index in [0.29, 0.717) is 11.1 Å². The molecule has 0 atom stereocenters. The Labute approximate surface area is 90.3 Å². The first-order chi connectivity index (χ1) is 7.09. The van der Waals surface area contributed by atoms with Crippen LogP contribution in [0.1, 0.15) is 11.1 Å². The topological polar surface area (TPSA) is 66.6 Å². The zero-order valence-electron chi connectivity index (χ0n) is 7.55. The zero-order valence-corrected chi connectivity index (χ0v) is 8.31. The van der Waals surface area contributed by atoms with Gasteiger partial charge in [0.15, 0.2) is 0 Å². The summed E-state index contributed by atoms with van der Waals surface area (Å²) in [4.78, 5) is 10.3. The Bertz CT molecular complexity index is 459. The van der Waals surface area contributed by atoms with Crippen LogP contribution in [0.15, 0.2) is 24.4 Å². The van der Waals surface area contributed by atoms with Gasteiger partial charge in [-0.3, -0.25) is 20.4 Å². The molecule has 1 aromatic rings. The van der Waals surface area contributed by atoms with E-state index in [2.05, 4.69) is 0 Å². The van der Waals surface area contributed by atoms with Gasteiger partial charge in [0.05, 0.1) is 22.1 Å². The molecule has 5 nitrogen and oxygen atoms in total. The third-order valence-electron chi connectivity index (χ3n) is 2.16. The lowest BCUT2D eigenvalue weighted by Gasteiger charge is -2.20. The second-order valence-electron chi connectivity index (χ2n) is 3.14. The van der Waals surface area contributed by atoms with Crippen molar-refractivity contribution in [1.82, 2.24) is 5.06 Å². The van der Waals surface area contributed by atoms with Gasteiger partial charge in [-0.15, -0.1) is 0 Å². The highest BCUT2D eigenvalue weighted by Gasteiger charge is 2.24. The molecule has 0 amide bonds. The Hall–Kier alpha value is -1.59. The summed E-state index contributed by atoms with van der Waals surface area (Å²) in [6.45, 7) is 0.202. The molecule has 0 aliphatic carbocycles. The van der Waals surface area contributed by atoms with Crippen molar-refractivity contribution in [3.63, 3.8) is 0 Å². The van der Waals surface area contributed by atoms with Gasteiger partial charge in [0, 0.05) is 12.3 Å². The van der Waals surface area contributed by atoms with Crippen LogP contribution in [0.5, 0.6) is 0 Å². The van der Waals surface area contributed by atoms with Crippen molar-refractivity contribution in [3.05, 3.63) is 45.6 Å². The molecule has 0 aromatic heterocycles. The smallest absolute Gasteiger partial charge is 0.278 e. The standard InChI is InChI=1S/C9H7ClN2O3/c10-7-5-11(13)4-6-2-1-3-8(9(6)7)12(14)15/h1-3,5,13H,4H2. The molecule has 1 aliphatic heterocycles. The second kappa shape index (κ2) is 3.52. The van der Waals surface area contributed by atoms with Gasteiger partial charge < -0.3 is 0 Å². The average Bonchev–Trinajstić information content (AvgIpc) is 2.16. The van der Waals surface area contributed by atoms with E-state index >= 15 is 0 Å². The van der Waals surface area contributed by atoms with Crippen LogP contribution in [-0.2, 0) is 6.54 Å². The third-order valence-corrected chi connectivity index (χ3v) is 2.45. The van der Waals surface area contributed by atoms with E-state index in [0.717, 1.165) is 5.06 Å². The highest BCUT2D eigenvalue weighted by molar-refractivity contribution is 6.49. The third kappa shape index (κ3) is 1.67. The van der Waals surface area contributed by atoms with E-state index in [9.17, 15) is 15.3 Å². The molecule has 15 heavy (non-hydrogen) atoms. The lowest BCUT2D eigenvalue weighted by Crippen LogP contribution is -2.17. The molecule has 0 saturated heterocycles. The Morgan fingerprint density at radius 2 is 2.27 bits per heavy atom. The monoisotopic (exact) mass is 226 g/mol. The summed E-state index contributed by atoms with van der Waals surface area (Å²) in [7, 11) is 0. The van der Waals surface area contributed by atoms with Crippen molar-refractivity contribution in [2.24, 2.45) is 0 Å². The molecule has 0 fully saturated rings. The number of nitro benzene ring substituents is 1. The van der Waals surface area contributed by atoms with Crippen LogP contribution in [0.4, 0.5) is 5.69 Å². The first-order valence-corrected chi connectivity index (χ1v) is 4.57. The van der Waals surface area contributed by atoms with Gasteiger partial charge in [-0.1, -0.05) is 23.7 Å². The Kier molecular flexibility index (Phi) is 2.34. The molecule has 1 heterocycles. The van der Waals surface area contributed by atoms with E-state index in [1.54, 1.807) is 12.1 Å². The maximum Gasteiger partial charge on any atom is 0.278 e. The van der Waals surface area contributed by atoms with Gasteiger partial charge in [-0.25, -0.2) is 0 Å². The largest absolute Gasteiger partial charge is 0.289 e. The van der Waals surface area contributed by atoms with Crippen LogP contribution < -0.4 is 0 Å². The van der Waals surface area contributed by atoms with Crippen LogP contribution in [0.3, 0.4) is 0 Å². The van der Waals surface area contributed by atoms with Gasteiger partial charge in [0.25, 0.3) is 5.69 Å². The van der Waals surface area contributed by atoms with Crippen LogP contribution in [0.25, 0.3) is 5.03 Å². The maximum atomic E-state index is 10.7. The van der Waals surface area contributed by atoms with Crippen molar-refractivity contribution in [2.75, 3.05) is 0 Å². The number of hydrogen-bond donors (Lipinski definition) is 1. The molecular weight excluding hydrogens is 220 g/mol. The second-order valence-corrected chi connectivity index (χ2v) is 3.55. The van der Waals surface area contributed by atoms with E-state index in [1.165, 1.54) is 12.3 Å². The fraction of sp³-hybridized carbons (Fsp3) is 0.111. The van der Waals surface area contributed by atoms with Crippen molar-refractivity contribution in [3.8, 4) is 0 Å². The minimum atomic E-state index is -0.484. The summed E-state index contributed by atoms with van der Waals surface area (Å²) < 4.78 is 0. The molecule has 78 valence electrons. The quantitative estimate of drug-likeness (QED) is 0.590. The number of halogens is 1. The summed E-state index contributed by atoms with van der Waals surface area (Å²) in [6, 6.07) is 4.66. The van der Waals surface area contributed by atoms with Crippen molar-refractivity contribution in [1.29, 1.82) is 0 Å². The lowest BCUT2D eigenvalue weighted by atomic mass is 10.0. The van der Waals surface area contributed by atoms with Crippen LogP contribution in [0, 0.1) is 10.1 Å². The van der Waals surface area contributed by atoms with Crippen molar-refractivity contribution in [2.45, 2.75) is 6.54 Å². The van der Waals surface area contributed by atoms with Crippen LogP contribution >= 0.6 is 11.6 Å². The van der Waals surface area contributed by atoms with Gasteiger partial charge in [-0.05, 0) is 5.56 Å². The van der Waals surface area contributed by atoms with Gasteiger partial charge in [0.1, 0.15) is 0 Å². The molecule has 0 spiro atoms. The van der Waals surface area contributed by atoms with E-state index in [-0.39, 0.29) is 17.3 Å². The summed E-state index contributed by atoms with van der Waals surface area (Å²) in [5.41, 5.74) is 0.982. The molecular formula is C9H7ClN2O3. The molecule has 1 aliphatic rings. The number of benzene rings is 1. The number of hydrogen-bond acceptors (Lipinski definition) is 4. The van der Waals surface area contributed by atoms with E-state index in [1.807, 2.05) is 0 Å². The molecule has 0 bridgehead atoms. The van der Waals surface area contributed by atoms with Crippen LogP contribution in [0.2, 0.25) is 0 Å². The minimum absolute atomic E-state index is 0.0400. The lowest BCUT2D eigenvalue weighted by molar-refractivity contribution is -0.385. The molecule has 0 unspecified atom stereocenters. The molecule has 0 radical (unpaired) electrons. The fourth-order valence-corrected chi connectivity index (χ4v) is 1.89. The van der Waals surface area contributed by atoms with Gasteiger partial charge in [0.2, 0.25) is 0 Å².